The molecule has 0 saturated carbocycles. The van der Waals surface area contributed by atoms with Crippen molar-refractivity contribution in [1.82, 2.24) is 0 Å². The van der Waals surface area contributed by atoms with Crippen molar-refractivity contribution in [1.29, 1.82) is 0 Å². The first-order valence-corrected chi connectivity index (χ1v) is 6.54. The maximum absolute atomic E-state index is 13.4. The van der Waals surface area contributed by atoms with Gasteiger partial charge < -0.3 is 10.1 Å². The van der Waals surface area contributed by atoms with Crippen LogP contribution in [0.2, 0.25) is 0 Å². The molecule has 0 aliphatic rings. The van der Waals surface area contributed by atoms with Crippen LogP contribution in [0, 0.1) is 5.82 Å². The number of hydrogen-bond donors (Lipinski definition) is 1. The van der Waals surface area contributed by atoms with E-state index in [2.05, 4.69) is 10.1 Å². The Labute approximate surface area is 98.5 Å². The second kappa shape index (κ2) is 5.13. The molecule has 0 aromatic heterocycles. The summed E-state index contributed by atoms with van der Waals surface area (Å²) in [5.41, 5.74) is 0.0397. The molecule has 17 heavy (non-hydrogen) atoms. The van der Waals surface area contributed by atoms with Crippen LogP contribution in [0.25, 0.3) is 0 Å². The normalized spacial score (nSPS) is 11.0. The predicted octanol–water partition coefficient (Wildman–Crippen LogP) is 0.814. The third kappa shape index (κ3) is 3.42. The molecule has 0 spiro atoms. The highest BCUT2D eigenvalue weighted by atomic mass is 32.2. The van der Waals surface area contributed by atoms with Crippen LogP contribution >= 0.6 is 0 Å². The van der Waals surface area contributed by atoms with Crippen molar-refractivity contribution in [2.45, 2.75) is 4.90 Å². The number of rotatable bonds is 4. The monoisotopic (exact) mass is 261 g/mol. The molecule has 0 aliphatic carbocycles. The molecule has 0 unspecified atom stereocenters. The Morgan fingerprint density at radius 2 is 2.12 bits per heavy atom. The maximum atomic E-state index is 13.4. The van der Waals surface area contributed by atoms with Crippen LogP contribution in [0.4, 0.5) is 10.1 Å². The Balaban J connectivity index is 3.08. The van der Waals surface area contributed by atoms with E-state index in [9.17, 15) is 17.6 Å². The lowest BCUT2D eigenvalue weighted by Crippen LogP contribution is -2.17. The fourth-order valence-electron chi connectivity index (χ4n) is 1.26. The van der Waals surface area contributed by atoms with Crippen molar-refractivity contribution < 1.29 is 22.3 Å². The van der Waals surface area contributed by atoms with Crippen LogP contribution in [0.5, 0.6) is 0 Å². The summed E-state index contributed by atoms with van der Waals surface area (Å²) in [6.45, 7) is -0.234. The Morgan fingerprint density at radius 1 is 1.47 bits per heavy atom. The Morgan fingerprint density at radius 3 is 2.65 bits per heavy atom. The van der Waals surface area contributed by atoms with E-state index in [1.54, 1.807) is 0 Å². The van der Waals surface area contributed by atoms with Gasteiger partial charge in [0, 0.05) is 6.26 Å². The predicted molar refractivity (Wildman–Crippen MR) is 60.0 cm³/mol. The molecule has 0 heterocycles. The van der Waals surface area contributed by atoms with E-state index < -0.39 is 26.5 Å². The van der Waals surface area contributed by atoms with E-state index >= 15 is 0 Å². The van der Waals surface area contributed by atoms with Crippen LogP contribution in [-0.4, -0.2) is 34.3 Å². The summed E-state index contributed by atoms with van der Waals surface area (Å²) in [5.74, 6) is -1.43. The molecule has 5 nitrogen and oxygen atoms in total. The quantitative estimate of drug-likeness (QED) is 0.812. The molecule has 94 valence electrons. The molecule has 1 aromatic rings. The summed E-state index contributed by atoms with van der Waals surface area (Å²) >= 11 is 0. The van der Waals surface area contributed by atoms with Gasteiger partial charge in [-0.25, -0.2) is 12.8 Å². The first kappa shape index (κ1) is 13.4. The van der Waals surface area contributed by atoms with E-state index in [4.69, 9.17) is 0 Å². The van der Waals surface area contributed by atoms with Gasteiger partial charge in [0.2, 0.25) is 0 Å². The highest BCUT2D eigenvalue weighted by molar-refractivity contribution is 7.90. The van der Waals surface area contributed by atoms with E-state index in [1.165, 1.54) is 19.2 Å². The van der Waals surface area contributed by atoms with Crippen molar-refractivity contribution in [3.8, 4) is 0 Å². The van der Waals surface area contributed by atoms with Crippen LogP contribution < -0.4 is 5.32 Å². The summed E-state index contributed by atoms with van der Waals surface area (Å²) in [5, 5.41) is 2.52. The Bertz CT molecular complexity index is 527. The van der Waals surface area contributed by atoms with Crippen LogP contribution in [-0.2, 0) is 19.4 Å². The van der Waals surface area contributed by atoms with Gasteiger partial charge in [0.25, 0.3) is 0 Å². The zero-order chi connectivity index (χ0) is 13.1. The smallest absolute Gasteiger partial charge is 0.325 e. The summed E-state index contributed by atoms with van der Waals surface area (Å²) in [6.07, 6.45) is 0.898. The number of nitrogens with one attached hydrogen (secondary N) is 1. The zero-order valence-corrected chi connectivity index (χ0v) is 10.2. The lowest BCUT2D eigenvalue weighted by molar-refractivity contribution is -0.138. The first-order valence-electron chi connectivity index (χ1n) is 4.65. The molecule has 0 radical (unpaired) electrons. The number of methoxy groups -OCH3 is 1. The van der Waals surface area contributed by atoms with Crippen molar-refractivity contribution in [2.75, 3.05) is 25.2 Å². The van der Waals surface area contributed by atoms with Gasteiger partial charge in [-0.15, -0.1) is 0 Å². The minimum atomic E-state index is -3.71. The molecule has 0 amide bonds. The maximum Gasteiger partial charge on any atom is 0.325 e. The number of anilines is 1. The van der Waals surface area contributed by atoms with Crippen LogP contribution in [0.15, 0.2) is 23.1 Å². The molecule has 0 aliphatic heterocycles. The van der Waals surface area contributed by atoms with Crippen LogP contribution in [0.3, 0.4) is 0 Å². The number of halogens is 1. The van der Waals surface area contributed by atoms with Gasteiger partial charge in [0.15, 0.2) is 9.84 Å². The highest BCUT2D eigenvalue weighted by Crippen LogP contribution is 2.23. The van der Waals surface area contributed by atoms with Gasteiger partial charge in [-0.2, -0.15) is 0 Å². The van der Waals surface area contributed by atoms with Crippen LogP contribution in [0.1, 0.15) is 0 Å². The van der Waals surface area contributed by atoms with E-state index in [0.717, 1.165) is 12.3 Å². The largest absolute Gasteiger partial charge is 0.468 e. The molecular formula is C10H12FNO4S. The average Bonchev–Trinajstić information content (AvgIpc) is 2.24. The van der Waals surface area contributed by atoms with Gasteiger partial charge in [-0.05, 0) is 12.1 Å². The van der Waals surface area contributed by atoms with E-state index in [0.29, 0.717) is 0 Å². The number of carbonyl (C=O) groups is 1. The molecule has 1 N–H and O–H groups in total. The molecule has 0 atom stereocenters. The SMILES string of the molecule is COC(=O)CNc1cccc(F)c1S(C)(=O)=O. The second-order valence-electron chi connectivity index (χ2n) is 3.32. The molecule has 7 heteroatoms. The minimum absolute atomic E-state index is 0.0397. The summed E-state index contributed by atoms with van der Waals surface area (Å²) in [6, 6.07) is 3.77. The average molecular weight is 261 g/mol. The third-order valence-electron chi connectivity index (χ3n) is 1.99. The van der Waals surface area contributed by atoms with Crippen molar-refractivity contribution in [2.24, 2.45) is 0 Å². The Kier molecular flexibility index (Phi) is 4.06. The molecule has 0 saturated heterocycles. The van der Waals surface area contributed by atoms with Gasteiger partial charge in [0.05, 0.1) is 12.8 Å². The summed E-state index contributed by atoms with van der Waals surface area (Å²) < 4.78 is 40.6. The number of sulfone groups is 1. The standard InChI is InChI=1S/C10H12FNO4S/c1-16-9(13)6-12-8-5-3-4-7(11)10(8)17(2,14)15/h3-5,12H,6H2,1-2H3. The fourth-order valence-corrected chi connectivity index (χ4v) is 2.23. The van der Waals surface area contributed by atoms with Crippen molar-refractivity contribution in [3.05, 3.63) is 24.0 Å². The third-order valence-corrected chi connectivity index (χ3v) is 3.15. The van der Waals surface area contributed by atoms with Gasteiger partial charge in [0.1, 0.15) is 17.3 Å². The first-order chi connectivity index (χ1) is 7.86. The number of benzene rings is 1. The number of ether oxygens (including phenoxy) is 1. The minimum Gasteiger partial charge on any atom is -0.468 e. The lowest BCUT2D eigenvalue weighted by atomic mass is 10.3. The zero-order valence-electron chi connectivity index (χ0n) is 9.36. The summed E-state index contributed by atoms with van der Waals surface area (Å²) in [4.78, 5) is 10.4. The van der Waals surface area contributed by atoms with Crippen molar-refractivity contribution in [3.63, 3.8) is 0 Å². The number of hydrogen-bond acceptors (Lipinski definition) is 5. The highest BCUT2D eigenvalue weighted by Gasteiger charge is 2.18. The topological polar surface area (TPSA) is 72.5 Å². The Hall–Kier alpha value is -1.63. The summed E-state index contributed by atoms with van der Waals surface area (Å²) in [7, 11) is -2.51. The fraction of sp³-hybridized carbons (Fsp3) is 0.300. The molecule has 1 rings (SSSR count). The number of carbonyl (C=O) groups excluding carboxylic acids is 1. The molecule has 1 aromatic carbocycles. The van der Waals surface area contributed by atoms with Crippen molar-refractivity contribution >= 4 is 21.5 Å². The second-order valence-corrected chi connectivity index (χ2v) is 5.27. The molecular weight excluding hydrogens is 249 g/mol. The molecule has 0 fully saturated rings. The lowest BCUT2D eigenvalue weighted by Gasteiger charge is -2.10. The van der Waals surface area contributed by atoms with Gasteiger partial charge in [-0.3, -0.25) is 4.79 Å². The van der Waals surface area contributed by atoms with E-state index in [-0.39, 0.29) is 12.2 Å². The van der Waals surface area contributed by atoms with E-state index in [1.807, 2.05) is 0 Å². The van der Waals surface area contributed by atoms with Gasteiger partial charge >= 0.3 is 5.97 Å². The number of esters is 1. The van der Waals surface area contributed by atoms with Gasteiger partial charge in [-0.1, -0.05) is 6.07 Å². The molecule has 0 bridgehead atoms.